The molecular formula is C23H13ClN2O. The van der Waals surface area contributed by atoms with E-state index in [1.165, 1.54) is 21.5 Å². The van der Waals surface area contributed by atoms with Crippen LogP contribution < -0.4 is 0 Å². The minimum Gasteiger partial charge on any atom is -0.423 e. The molecule has 0 radical (unpaired) electrons. The molecule has 2 aromatic heterocycles. The fraction of sp³-hybridized carbons (Fsp3) is 0. The highest BCUT2D eigenvalue weighted by molar-refractivity contribution is 6.31. The summed E-state index contributed by atoms with van der Waals surface area (Å²) < 4.78 is 8.18. The molecule has 0 aliphatic carbocycles. The Balaban J connectivity index is 1.80. The van der Waals surface area contributed by atoms with Gasteiger partial charge in [0.2, 0.25) is 0 Å². The Morgan fingerprint density at radius 3 is 2.52 bits per heavy atom. The topological polar surface area (TPSA) is 31.0 Å². The fourth-order valence-corrected chi connectivity index (χ4v) is 4.10. The van der Waals surface area contributed by atoms with Crippen molar-refractivity contribution in [1.82, 2.24) is 9.55 Å². The van der Waals surface area contributed by atoms with Crippen LogP contribution in [0.4, 0.5) is 0 Å². The summed E-state index contributed by atoms with van der Waals surface area (Å²) in [6, 6.07) is 27.2. The highest BCUT2D eigenvalue weighted by Crippen LogP contribution is 2.37. The van der Waals surface area contributed by atoms with Crippen molar-refractivity contribution in [3.8, 4) is 6.01 Å². The predicted octanol–water partition coefficient (Wildman–Crippen LogP) is 6.73. The van der Waals surface area contributed by atoms with Crippen LogP contribution >= 0.6 is 11.6 Å². The van der Waals surface area contributed by atoms with Gasteiger partial charge >= 0.3 is 6.01 Å². The molecule has 3 nitrogen and oxygen atoms in total. The summed E-state index contributed by atoms with van der Waals surface area (Å²) in [5, 5.41) is 5.49. The maximum atomic E-state index is 6.12. The van der Waals surface area contributed by atoms with Crippen molar-refractivity contribution in [2.45, 2.75) is 0 Å². The van der Waals surface area contributed by atoms with Gasteiger partial charge in [0.25, 0.3) is 0 Å². The lowest BCUT2D eigenvalue weighted by molar-refractivity contribution is 0.574. The molecule has 0 bridgehead atoms. The van der Waals surface area contributed by atoms with Gasteiger partial charge in [0.1, 0.15) is 5.52 Å². The van der Waals surface area contributed by atoms with Crippen LogP contribution in [0.15, 0.2) is 83.3 Å². The van der Waals surface area contributed by atoms with E-state index < -0.39 is 0 Å². The molecular weight excluding hydrogens is 356 g/mol. The van der Waals surface area contributed by atoms with Crippen molar-refractivity contribution in [1.29, 1.82) is 0 Å². The second-order valence-corrected chi connectivity index (χ2v) is 7.08. The quantitative estimate of drug-likeness (QED) is 0.322. The monoisotopic (exact) mass is 368 g/mol. The third-order valence-electron chi connectivity index (χ3n) is 5.09. The van der Waals surface area contributed by atoms with Gasteiger partial charge in [-0.3, -0.25) is 4.57 Å². The van der Waals surface area contributed by atoms with Crippen LogP contribution in [-0.2, 0) is 0 Å². The van der Waals surface area contributed by atoms with Crippen LogP contribution in [0.1, 0.15) is 0 Å². The number of benzene rings is 4. The molecule has 4 aromatic carbocycles. The van der Waals surface area contributed by atoms with E-state index in [1.807, 2.05) is 24.3 Å². The van der Waals surface area contributed by atoms with Crippen molar-refractivity contribution in [2.24, 2.45) is 0 Å². The second kappa shape index (κ2) is 5.35. The lowest BCUT2D eigenvalue weighted by Crippen LogP contribution is -1.93. The van der Waals surface area contributed by atoms with Gasteiger partial charge < -0.3 is 4.42 Å². The molecule has 0 atom stereocenters. The summed E-state index contributed by atoms with van der Waals surface area (Å²) >= 11 is 6.12. The zero-order chi connectivity index (χ0) is 18.0. The molecule has 4 heteroatoms. The lowest BCUT2D eigenvalue weighted by atomic mass is 10.0. The normalized spacial score (nSPS) is 11.9. The van der Waals surface area contributed by atoms with Crippen molar-refractivity contribution >= 4 is 55.3 Å². The van der Waals surface area contributed by atoms with Gasteiger partial charge in [-0.25, -0.2) is 0 Å². The molecule has 0 spiro atoms. The maximum Gasteiger partial charge on any atom is 0.307 e. The first-order valence-electron chi connectivity index (χ1n) is 8.77. The number of nitrogens with zero attached hydrogens (tertiary/aromatic N) is 2. The summed E-state index contributed by atoms with van der Waals surface area (Å²) in [5.41, 5.74) is 3.62. The van der Waals surface area contributed by atoms with Gasteiger partial charge in [-0.05, 0) is 41.1 Å². The van der Waals surface area contributed by atoms with Crippen molar-refractivity contribution in [3.63, 3.8) is 0 Å². The number of aromatic nitrogens is 2. The van der Waals surface area contributed by atoms with Crippen molar-refractivity contribution < 1.29 is 4.42 Å². The van der Waals surface area contributed by atoms with E-state index in [1.54, 1.807) is 0 Å². The Morgan fingerprint density at radius 2 is 1.59 bits per heavy atom. The maximum absolute atomic E-state index is 6.12. The van der Waals surface area contributed by atoms with E-state index in [2.05, 4.69) is 59.2 Å². The van der Waals surface area contributed by atoms with Crippen LogP contribution in [0.25, 0.3) is 49.7 Å². The molecule has 0 saturated carbocycles. The highest BCUT2D eigenvalue weighted by atomic mass is 35.5. The SMILES string of the molecule is Clc1ccc2oc(-n3c4ccccc4c4c5ccccc5ccc43)nc2c1. The number of hydrogen-bond acceptors (Lipinski definition) is 2. The van der Waals surface area contributed by atoms with E-state index >= 15 is 0 Å². The van der Waals surface area contributed by atoms with Crippen molar-refractivity contribution in [2.75, 3.05) is 0 Å². The molecule has 0 unspecified atom stereocenters. The van der Waals surface area contributed by atoms with Gasteiger partial charge in [-0.15, -0.1) is 0 Å². The minimum absolute atomic E-state index is 0.550. The van der Waals surface area contributed by atoms with E-state index in [-0.39, 0.29) is 0 Å². The number of rotatable bonds is 1. The minimum atomic E-state index is 0.550. The van der Waals surface area contributed by atoms with Gasteiger partial charge in [0.15, 0.2) is 5.58 Å². The molecule has 0 N–H and O–H groups in total. The Hall–Kier alpha value is -3.30. The standard InChI is InChI=1S/C23H13ClN2O/c24-15-10-12-21-18(13-15)25-23(27-21)26-19-8-4-3-7-17(19)22-16-6-2-1-5-14(16)9-11-20(22)26/h1-13H. The summed E-state index contributed by atoms with van der Waals surface area (Å²) in [5.74, 6) is 0. The summed E-state index contributed by atoms with van der Waals surface area (Å²) in [4.78, 5) is 4.71. The Labute approximate surface area is 159 Å². The van der Waals surface area contributed by atoms with Crippen molar-refractivity contribution in [3.05, 3.63) is 83.9 Å². The van der Waals surface area contributed by atoms with E-state index in [0.29, 0.717) is 11.0 Å². The number of halogens is 1. The molecule has 6 aromatic rings. The van der Waals surface area contributed by atoms with Crippen LogP contribution in [0, 0.1) is 0 Å². The Morgan fingerprint density at radius 1 is 0.778 bits per heavy atom. The first kappa shape index (κ1) is 14.8. The average Bonchev–Trinajstić information content (AvgIpc) is 3.26. The third kappa shape index (κ3) is 2.06. The second-order valence-electron chi connectivity index (χ2n) is 6.64. The predicted molar refractivity (Wildman–Crippen MR) is 111 cm³/mol. The van der Waals surface area contributed by atoms with Gasteiger partial charge in [-0.2, -0.15) is 4.98 Å². The number of oxazole rings is 1. The van der Waals surface area contributed by atoms with E-state index in [0.717, 1.165) is 22.1 Å². The average molecular weight is 369 g/mol. The van der Waals surface area contributed by atoms with Gasteiger partial charge in [0.05, 0.1) is 11.0 Å². The van der Waals surface area contributed by atoms with Crippen LogP contribution in [0.5, 0.6) is 0 Å². The Kier molecular flexibility index (Phi) is 2.94. The smallest absolute Gasteiger partial charge is 0.307 e. The summed E-state index contributed by atoms with van der Waals surface area (Å²) in [6.45, 7) is 0. The molecule has 0 amide bonds. The molecule has 0 saturated heterocycles. The Bertz CT molecular complexity index is 1490. The fourth-order valence-electron chi connectivity index (χ4n) is 3.93. The van der Waals surface area contributed by atoms with Crippen LogP contribution in [0.2, 0.25) is 5.02 Å². The van der Waals surface area contributed by atoms with Crippen LogP contribution in [-0.4, -0.2) is 9.55 Å². The summed E-state index contributed by atoms with van der Waals surface area (Å²) in [6.07, 6.45) is 0. The van der Waals surface area contributed by atoms with Crippen LogP contribution in [0.3, 0.4) is 0 Å². The lowest BCUT2D eigenvalue weighted by Gasteiger charge is -2.03. The van der Waals surface area contributed by atoms with E-state index in [9.17, 15) is 0 Å². The number of para-hydroxylation sites is 1. The highest BCUT2D eigenvalue weighted by Gasteiger charge is 2.18. The molecule has 2 heterocycles. The molecule has 0 aliphatic rings. The largest absolute Gasteiger partial charge is 0.423 e. The number of fused-ring (bicyclic) bond motifs is 6. The summed E-state index contributed by atoms with van der Waals surface area (Å²) in [7, 11) is 0. The molecule has 0 fully saturated rings. The zero-order valence-corrected chi connectivity index (χ0v) is 14.9. The van der Waals surface area contributed by atoms with E-state index in [4.69, 9.17) is 21.0 Å². The number of hydrogen-bond donors (Lipinski definition) is 0. The zero-order valence-electron chi connectivity index (χ0n) is 14.2. The third-order valence-corrected chi connectivity index (χ3v) is 5.33. The first-order valence-corrected chi connectivity index (χ1v) is 9.15. The molecule has 128 valence electrons. The molecule has 6 rings (SSSR count). The molecule has 0 aliphatic heterocycles. The van der Waals surface area contributed by atoms with Gasteiger partial charge in [-0.1, -0.05) is 60.1 Å². The van der Waals surface area contributed by atoms with Gasteiger partial charge in [0, 0.05) is 15.8 Å². The first-order chi connectivity index (χ1) is 13.3. The molecule has 27 heavy (non-hydrogen) atoms.